The van der Waals surface area contributed by atoms with Crippen molar-refractivity contribution in [3.8, 4) is 48.8 Å². The molecule has 18 nitrogen and oxygen atoms in total. The molecule has 554 valence electrons. The fraction of sp³-hybridized carbons (Fsp3) is 0.306. The predicted molar refractivity (Wildman–Crippen MR) is 430 cm³/mol. The molecule has 103 heavy (non-hydrogen) atoms. The van der Waals surface area contributed by atoms with Gasteiger partial charge in [-0.05, 0) is 225 Å². The van der Waals surface area contributed by atoms with Gasteiger partial charge >= 0.3 is 44.7 Å². The number of hydrogen-bond acceptors (Lipinski definition) is 24. The molecule has 0 saturated carbocycles. The third-order valence-electron chi connectivity index (χ3n) is 14.6. The molecule has 1 aliphatic carbocycles. The smallest absolute Gasteiger partial charge is 0.394 e. The normalized spacial score (nSPS) is 13.7. The number of ether oxygens (including phenoxy) is 4. The van der Waals surface area contributed by atoms with Gasteiger partial charge in [-0.2, -0.15) is 16.8 Å². The molecule has 1 aliphatic heterocycles. The molecule has 11 heterocycles. The lowest BCUT2D eigenvalue weighted by atomic mass is 9.78. The first-order chi connectivity index (χ1) is 48.8. The molecular weight excluding hydrogens is 1620 g/mol. The van der Waals surface area contributed by atoms with Crippen LogP contribution in [-0.2, 0) is 79.5 Å². The van der Waals surface area contributed by atoms with Crippen molar-refractivity contribution in [3.05, 3.63) is 184 Å². The van der Waals surface area contributed by atoms with Crippen LogP contribution in [0.15, 0.2) is 156 Å². The Morgan fingerprint density at radius 3 is 1.29 bits per heavy atom. The van der Waals surface area contributed by atoms with Gasteiger partial charge in [0.1, 0.15) is 17.2 Å². The van der Waals surface area contributed by atoms with E-state index in [0.717, 1.165) is 35.1 Å². The van der Waals surface area contributed by atoms with Crippen LogP contribution in [0.3, 0.4) is 0 Å². The molecule has 1 atom stereocenters. The zero-order valence-electron chi connectivity index (χ0n) is 57.4. The molecule has 10 aromatic heterocycles. The van der Waals surface area contributed by atoms with Crippen LogP contribution in [0.1, 0.15) is 141 Å². The Bertz CT molecular complexity index is 4440. The second-order valence-corrected chi connectivity index (χ2v) is 34.2. The molecule has 0 bridgehead atoms. The molecule has 1 unspecified atom stereocenters. The van der Waals surface area contributed by atoms with Crippen LogP contribution < -0.4 is 0 Å². The molecule has 12 rings (SSSR count). The first-order valence-corrected chi connectivity index (χ1v) is 43.9. The van der Waals surface area contributed by atoms with E-state index in [9.17, 15) is 28.8 Å². The highest BCUT2D eigenvalue weighted by Crippen LogP contribution is 2.55. The van der Waals surface area contributed by atoms with E-state index in [4.69, 9.17) is 54.0 Å². The molecule has 10 aromatic rings. The Kier molecular flexibility index (Phi) is 37.0. The number of ketones is 2. The van der Waals surface area contributed by atoms with Gasteiger partial charge in [-0.3, -0.25) is 37.4 Å². The van der Waals surface area contributed by atoms with E-state index in [-0.39, 0.29) is 40.9 Å². The summed E-state index contributed by atoms with van der Waals surface area (Å²) in [7, 11) is -9.33. The average Bonchev–Trinajstić information content (AvgIpc) is 1.57. The lowest BCUT2D eigenvalue weighted by Crippen LogP contribution is -2.21. The van der Waals surface area contributed by atoms with Crippen molar-refractivity contribution in [2.75, 3.05) is 19.8 Å². The van der Waals surface area contributed by atoms with Crippen LogP contribution in [0.25, 0.3) is 59.9 Å². The summed E-state index contributed by atoms with van der Waals surface area (Å²) >= 11 is 21.0. The minimum Gasteiger partial charge on any atom is -0.466 e. The Morgan fingerprint density at radius 2 is 0.874 bits per heavy atom. The summed E-state index contributed by atoms with van der Waals surface area (Å²) < 4.78 is 84.8. The second-order valence-electron chi connectivity index (χ2n) is 22.3. The number of halogens is 1. The van der Waals surface area contributed by atoms with E-state index in [0.29, 0.717) is 64.8 Å². The minimum atomic E-state index is -4.67. The van der Waals surface area contributed by atoms with Crippen LogP contribution in [0.5, 0.6) is 0 Å². The number of esters is 4. The molecular formula is C72H79BrO18S12. The predicted octanol–water partition coefficient (Wildman–Crippen LogP) is 22.0. The van der Waals surface area contributed by atoms with E-state index >= 15 is 0 Å². The van der Waals surface area contributed by atoms with Gasteiger partial charge < -0.3 is 28.5 Å². The van der Waals surface area contributed by atoms with Gasteiger partial charge in [-0.25, -0.2) is 0 Å². The summed E-state index contributed by atoms with van der Waals surface area (Å²) in [6.07, 6.45) is 6.72. The molecule has 31 heteroatoms. The number of cyclic esters (lactones) is 1. The zero-order valence-corrected chi connectivity index (χ0v) is 68.8. The van der Waals surface area contributed by atoms with Crippen LogP contribution in [0.4, 0.5) is 0 Å². The maximum absolute atomic E-state index is 11.6. The number of hydrogen-bond donors (Lipinski definition) is 4. The van der Waals surface area contributed by atoms with Crippen molar-refractivity contribution >= 4 is 197 Å². The molecule has 1 saturated heterocycles. The quantitative estimate of drug-likeness (QED) is 0.0295. The number of rotatable bonds is 21. The number of Topliss-reactive ketones (excluding diaryl/α,β-unsaturated/α-hetero) is 2. The average molecular weight is 1700 g/mol. The van der Waals surface area contributed by atoms with Crippen molar-refractivity contribution in [2.45, 2.75) is 124 Å². The van der Waals surface area contributed by atoms with E-state index < -0.39 is 26.4 Å². The number of thiophene rings is 10. The van der Waals surface area contributed by atoms with Gasteiger partial charge in [-0.15, -0.1) is 113 Å². The third kappa shape index (κ3) is 29.7. The van der Waals surface area contributed by atoms with Crippen LogP contribution in [0, 0.1) is 0 Å². The molecule has 0 spiro atoms. The highest BCUT2D eigenvalue weighted by Gasteiger charge is 2.42. The van der Waals surface area contributed by atoms with Gasteiger partial charge in [0.25, 0.3) is 0 Å². The number of carbonyl (C=O) groups excluding carboxylic acids is 6. The van der Waals surface area contributed by atoms with Crippen LogP contribution in [0.2, 0.25) is 0 Å². The van der Waals surface area contributed by atoms with Crippen LogP contribution in [-0.4, -0.2) is 90.3 Å². The number of carbonyl (C=O) groups is 6. The fourth-order valence-electron chi connectivity index (χ4n) is 9.87. The fourth-order valence-corrected chi connectivity index (χ4v) is 20.3. The largest absolute Gasteiger partial charge is 0.466 e. The Hall–Kier alpha value is -6.08. The Morgan fingerprint density at radius 1 is 0.495 bits per heavy atom. The standard InChI is InChI=1S/3C15H16O2S2.C13H12O2S2.C8H5BrS2.C6H10O2.2H2O4S/c1-3-17-12(16)4-7-15(2)10-5-8-18-13(10)14-11(15)6-9-19-14;2*1-3-17-14(16)7-6-11(2)12-8-10-19-15(12)13-5-4-9-18-13;1-13(6-4-11(14)15-13)9-5-8-17-12(9)10-3-2-7-16-10;9-6-3-5-11-8(6)7-2-1-4-10-7;1-5(7)3-4-6(2)8;2*1-5(2,3)4/h5-6,8-9H,3-4,7H2,1-2H3;4-6,8-10H,3,7H2,1-2H3;4-5,8-10H,2-3,6-7H2,1H3;2-3,5,7-8H,4,6H2,1H3;1-5H;3-4H2,1-2H3;2*(H2,1,2,3,4)/b;11-6+;;;;;;. The zero-order chi connectivity index (χ0) is 75.9. The lowest BCUT2D eigenvalue weighted by molar-refractivity contribution is -0.148. The molecule has 0 radical (unpaired) electrons. The summed E-state index contributed by atoms with van der Waals surface area (Å²) in [6, 6.07) is 29.5. The Balaban J connectivity index is 0.000000220. The topological polar surface area (TPSA) is 289 Å². The van der Waals surface area contributed by atoms with E-state index in [1.165, 1.54) is 83.8 Å². The van der Waals surface area contributed by atoms with Gasteiger partial charge in [0, 0.05) is 83.2 Å². The summed E-state index contributed by atoms with van der Waals surface area (Å²) in [4.78, 5) is 79.1. The molecule has 2 aliphatic rings. The molecule has 4 N–H and O–H groups in total. The first-order valence-electron chi connectivity index (χ1n) is 31.5. The van der Waals surface area contributed by atoms with E-state index in [2.05, 4.69) is 156 Å². The summed E-state index contributed by atoms with van der Waals surface area (Å²) in [5, 5.41) is 20.9. The first kappa shape index (κ1) is 87.6. The maximum atomic E-state index is 11.6. The third-order valence-corrected chi connectivity index (χ3v) is 25.4. The van der Waals surface area contributed by atoms with Gasteiger partial charge in [0.05, 0.1) is 45.8 Å². The number of allylic oxidation sites excluding steroid dienone is 2. The number of fused-ring (bicyclic) bond motifs is 3. The highest BCUT2D eigenvalue weighted by molar-refractivity contribution is 9.10. The van der Waals surface area contributed by atoms with Crippen molar-refractivity contribution in [3.63, 3.8) is 0 Å². The van der Waals surface area contributed by atoms with Gasteiger partial charge in [0.2, 0.25) is 0 Å². The Labute approximate surface area is 649 Å². The van der Waals surface area contributed by atoms with E-state index in [1.807, 2.05) is 52.8 Å². The molecule has 0 amide bonds. The van der Waals surface area contributed by atoms with Crippen molar-refractivity contribution in [1.82, 2.24) is 0 Å². The minimum absolute atomic E-state index is 0.0303. The SMILES string of the molecule is Brc1ccsc1-c1cccs1.C=C(CCC(=O)OCC)c1ccsc1-c1cccs1.CC(=O)CCC(C)=O.CC1(c2ccsc2-c2cccs2)CCC(=O)O1.CCOC(=O)C/C=C(\C)c1ccsc1-c1cccs1.CCOC(=O)CCC1(C)c2ccsc2-c2sccc21.O=S(=O)(O)O.O=S(=O)(O)O. The second kappa shape index (κ2) is 43.5. The van der Waals surface area contributed by atoms with Crippen molar-refractivity contribution in [2.24, 2.45) is 0 Å². The molecule has 0 aromatic carbocycles. The summed E-state index contributed by atoms with van der Waals surface area (Å²) in [5.41, 5.74) is 7.92. The molecule has 1 fully saturated rings. The van der Waals surface area contributed by atoms with Gasteiger partial charge in [-0.1, -0.05) is 43.8 Å². The van der Waals surface area contributed by atoms with Crippen LogP contribution >= 0.6 is 129 Å². The maximum Gasteiger partial charge on any atom is 0.394 e. The lowest BCUT2D eigenvalue weighted by Gasteiger charge is -2.25. The van der Waals surface area contributed by atoms with E-state index in [1.54, 1.807) is 113 Å². The van der Waals surface area contributed by atoms with Crippen molar-refractivity contribution < 1.29 is 82.8 Å². The summed E-state index contributed by atoms with van der Waals surface area (Å²) in [6.45, 7) is 20.2. The highest BCUT2D eigenvalue weighted by atomic mass is 79.9. The van der Waals surface area contributed by atoms with Crippen molar-refractivity contribution in [1.29, 1.82) is 0 Å². The monoisotopic (exact) mass is 1690 g/mol. The van der Waals surface area contributed by atoms with Gasteiger partial charge in [0.15, 0.2) is 0 Å². The summed E-state index contributed by atoms with van der Waals surface area (Å²) in [5.74, 6) is -0.341.